The number of halogens is 2. The highest BCUT2D eigenvalue weighted by Crippen LogP contribution is 2.26. The Hall–Kier alpha value is -2.45. The number of para-hydroxylation sites is 2. The summed E-state index contributed by atoms with van der Waals surface area (Å²) in [5.74, 6) is 0.510. The van der Waals surface area contributed by atoms with Gasteiger partial charge in [0.15, 0.2) is 5.16 Å². The standard InChI is InChI=1S/C20H17BrFN3O2S/c1-2-27-17-6-4-3-5-16(17)24-19(26)18-15(21)11-23-20(25-18)28-12-13-7-9-14(22)10-8-13/h3-11H,2,12H2,1H3,(H,24,26). The van der Waals surface area contributed by atoms with Crippen LogP contribution in [0.4, 0.5) is 10.1 Å². The highest BCUT2D eigenvalue weighted by molar-refractivity contribution is 9.10. The molecule has 0 spiro atoms. The predicted molar refractivity (Wildman–Crippen MR) is 111 cm³/mol. The average Bonchev–Trinajstić information content (AvgIpc) is 2.70. The molecule has 0 aliphatic carbocycles. The molecule has 2 aromatic carbocycles. The smallest absolute Gasteiger partial charge is 0.275 e. The number of nitrogens with zero attached hydrogens (tertiary/aromatic N) is 2. The highest BCUT2D eigenvalue weighted by Gasteiger charge is 2.16. The fraction of sp³-hybridized carbons (Fsp3) is 0.150. The van der Waals surface area contributed by atoms with Crippen molar-refractivity contribution >= 4 is 39.3 Å². The Bertz CT molecular complexity index is 970. The Morgan fingerprint density at radius 2 is 1.96 bits per heavy atom. The normalized spacial score (nSPS) is 10.5. The van der Waals surface area contributed by atoms with Crippen molar-refractivity contribution in [2.75, 3.05) is 11.9 Å². The van der Waals surface area contributed by atoms with Crippen LogP contribution in [0.3, 0.4) is 0 Å². The Balaban J connectivity index is 1.73. The number of rotatable bonds is 7. The third kappa shape index (κ3) is 5.30. The fourth-order valence-electron chi connectivity index (χ4n) is 2.34. The second-order valence-electron chi connectivity index (χ2n) is 5.65. The average molecular weight is 462 g/mol. The fourth-order valence-corrected chi connectivity index (χ4v) is 3.48. The maximum atomic E-state index is 13.0. The van der Waals surface area contributed by atoms with Crippen LogP contribution in [0.5, 0.6) is 5.75 Å². The number of ether oxygens (including phenoxy) is 1. The second kappa shape index (κ2) is 9.66. The summed E-state index contributed by atoms with van der Waals surface area (Å²) in [5, 5.41) is 3.28. The van der Waals surface area contributed by atoms with Gasteiger partial charge >= 0.3 is 0 Å². The molecule has 1 amide bonds. The first-order valence-electron chi connectivity index (χ1n) is 8.49. The highest BCUT2D eigenvalue weighted by atomic mass is 79.9. The van der Waals surface area contributed by atoms with Gasteiger partial charge in [-0.15, -0.1) is 0 Å². The molecule has 1 heterocycles. The molecular formula is C20H17BrFN3O2S. The zero-order chi connectivity index (χ0) is 19.9. The lowest BCUT2D eigenvalue weighted by molar-refractivity contribution is 0.102. The lowest BCUT2D eigenvalue weighted by Crippen LogP contribution is -2.16. The van der Waals surface area contributed by atoms with E-state index < -0.39 is 0 Å². The van der Waals surface area contributed by atoms with E-state index in [0.29, 0.717) is 33.4 Å². The molecule has 0 saturated carbocycles. The number of carbonyl (C=O) groups is 1. The van der Waals surface area contributed by atoms with Crippen molar-refractivity contribution < 1.29 is 13.9 Å². The number of hydrogen-bond donors (Lipinski definition) is 1. The summed E-state index contributed by atoms with van der Waals surface area (Å²) in [7, 11) is 0. The van der Waals surface area contributed by atoms with Crippen molar-refractivity contribution in [1.29, 1.82) is 0 Å². The lowest BCUT2D eigenvalue weighted by Gasteiger charge is -2.12. The molecule has 0 aliphatic rings. The van der Waals surface area contributed by atoms with E-state index in [4.69, 9.17) is 4.74 Å². The summed E-state index contributed by atoms with van der Waals surface area (Å²) >= 11 is 4.70. The molecule has 0 fully saturated rings. The predicted octanol–water partition coefficient (Wildman–Crippen LogP) is 5.32. The summed E-state index contributed by atoms with van der Waals surface area (Å²) in [6.45, 7) is 2.37. The van der Waals surface area contributed by atoms with Gasteiger partial charge in [0.2, 0.25) is 0 Å². The molecule has 3 rings (SSSR count). The molecule has 0 radical (unpaired) electrons. The molecule has 0 aliphatic heterocycles. The van der Waals surface area contributed by atoms with Gasteiger partial charge in [-0.3, -0.25) is 4.79 Å². The van der Waals surface area contributed by atoms with Gasteiger partial charge in [-0.1, -0.05) is 36.0 Å². The number of amides is 1. The van der Waals surface area contributed by atoms with Crippen LogP contribution in [0.15, 0.2) is 64.4 Å². The number of carbonyl (C=O) groups excluding carboxylic acids is 1. The molecular weight excluding hydrogens is 445 g/mol. The number of benzene rings is 2. The van der Waals surface area contributed by atoms with Crippen molar-refractivity contribution in [2.24, 2.45) is 0 Å². The molecule has 28 heavy (non-hydrogen) atoms. The first-order valence-corrected chi connectivity index (χ1v) is 10.3. The van der Waals surface area contributed by atoms with E-state index >= 15 is 0 Å². The summed E-state index contributed by atoms with van der Waals surface area (Å²) in [6, 6.07) is 13.4. The van der Waals surface area contributed by atoms with Crippen LogP contribution in [0.1, 0.15) is 23.0 Å². The van der Waals surface area contributed by atoms with Gasteiger partial charge in [0.25, 0.3) is 5.91 Å². The number of hydrogen-bond acceptors (Lipinski definition) is 5. The SMILES string of the molecule is CCOc1ccccc1NC(=O)c1nc(SCc2ccc(F)cc2)ncc1Br. The molecule has 0 atom stereocenters. The first-order chi connectivity index (χ1) is 13.6. The molecule has 3 aromatic rings. The summed E-state index contributed by atoms with van der Waals surface area (Å²) in [6.07, 6.45) is 1.54. The minimum Gasteiger partial charge on any atom is -0.492 e. The van der Waals surface area contributed by atoms with Crippen LogP contribution in [-0.2, 0) is 5.75 Å². The number of aromatic nitrogens is 2. The van der Waals surface area contributed by atoms with Crippen LogP contribution < -0.4 is 10.1 Å². The Kier molecular flexibility index (Phi) is 7.00. The van der Waals surface area contributed by atoms with Gasteiger partial charge < -0.3 is 10.1 Å². The van der Waals surface area contributed by atoms with Crippen molar-refractivity contribution in [3.8, 4) is 5.75 Å². The van der Waals surface area contributed by atoms with Gasteiger partial charge in [0.1, 0.15) is 17.3 Å². The van der Waals surface area contributed by atoms with Crippen LogP contribution in [0.25, 0.3) is 0 Å². The van der Waals surface area contributed by atoms with E-state index in [9.17, 15) is 9.18 Å². The molecule has 5 nitrogen and oxygen atoms in total. The Morgan fingerprint density at radius 3 is 2.71 bits per heavy atom. The molecule has 144 valence electrons. The zero-order valence-electron chi connectivity index (χ0n) is 15.0. The monoisotopic (exact) mass is 461 g/mol. The molecule has 1 N–H and O–H groups in total. The number of thioether (sulfide) groups is 1. The van der Waals surface area contributed by atoms with E-state index in [1.807, 2.05) is 19.1 Å². The van der Waals surface area contributed by atoms with Crippen LogP contribution in [-0.4, -0.2) is 22.5 Å². The van der Waals surface area contributed by atoms with E-state index in [-0.39, 0.29) is 17.4 Å². The Morgan fingerprint density at radius 1 is 1.21 bits per heavy atom. The van der Waals surface area contributed by atoms with Crippen molar-refractivity contribution in [3.63, 3.8) is 0 Å². The van der Waals surface area contributed by atoms with Crippen molar-refractivity contribution in [2.45, 2.75) is 17.8 Å². The zero-order valence-corrected chi connectivity index (χ0v) is 17.4. The van der Waals surface area contributed by atoms with Crippen molar-refractivity contribution in [1.82, 2.24) is 9.97 Å². The van der Waals surface area contributed by atoms with Crippen LogP contribution in [0, 0.1) is 5.82 Å². The summed E-state index contributed by atoms with van der Waals surface area (Å²) in [4.78, 5) is 21.3. The number of nitrogens with one attached hydrogen (secondary N) is 1. The van der Waals surface area contributed by atoms with Gasteiger partial charge in [0.05, 0.1) is 16.8 Å². The van der Waals surface area contributed by atoms with Crippen LogP contribution >= 0.6 is 27.7 Å². The van der Waals surface area contributed by atoms with Gasteiger partial charge in [-0.2, -0.15) is 0 Å². The molecule has 0 bridgehead atoms. The maximum absolute atomic E-state index is 13.0. The summed E-state index contributed by atoms with van der Waals surface area (Å²) in [5.41, 5.74) is 1.73. The van der Waals surface area contributed by atoms with E-state index in [1.54, 1.807) is 30.5 Å². The Labute approximate surface area is 174 Å². The molecule has 0 unspecified atom stereocenters. The third-order valence-corrected chi connectivity index (χ3v) is 5.17. The largest absolute Gasteiger partial charge is 0.492 e. The van der Waals surface area contributed by atoms with Gasteiger partial charge in [-0.05, 0) is 52.7 Å². The minimum atomic E-state index is -0.370. The lowest BCUT2D eigenvalue weighted by atomic mass is 10.2. The van der Waals surface area contributed by atoms with Gasteiger partial charge in [-0.25, -0.2) is 14.4 Å². The third-order valence-electron chi connectivity index (χ3n) is 3.65. The van der Waals surface area contributed by atoms with Crippen LogP contribution in [0.2, 0.25) is 0 Å². The maximum Gasteiger partial charge on any atom is 0.275 e. The molecule has 0 saturated heterocycles. The molecule has 8 heteroatoms. The van der Waals surface area contributed by atoms with Gasteiger partial charge in [0, 0.05) is 11.9 Å². The minimum absolute atomic E-state index is 0.225. The summed E-state index contributed by atoms with van der Waals surface area (Å²) < 4.78 is 19.0. The quantitative estimate of drug-likeness (QED) is 0.380. The topological polar surface area (TPSA) is 64.1 Å². The first kappa shape index (κ1) is 20.3. The van der Waals surface area contributed by atoms with E-state index in [0.717, 1.165) is 5.56 Å². The second-order valence-corrected chi connectivity index (χ2v) is 7.44. The van der Waals surface area contributed by atoms with Crippen molar-refractivity contribution in [3.05, 3.63) is 76.3 Å². The van der Waals surface area contributed by atoms with E-state index in [2.05, 4.69) is 31.2 Å². The molecule has 1 aromatic heterocycles. The van der Waals surface area contributed by atoms with E-state index in [1.165, 1.54) is 23.9 Å². The number of anilines is 1.